The second-order valence-corrected chi connectivity index (χ2v) is 6.45. The predicted octanol–water partition coefficient (Wildman–Crippen LogP) is 1.63. The molecule has 0 unspecified atom stereocenters. The lowest BCUT2D eigenvalue weighted by Crippen LogP contribution is -2.37. The van der Waals surface area contributed by atoms with Crippen molar-refractivity contribution < 1.29 is 14.6 Å². The number of aromatic amines is 1. The van der Waals surface area contributed by atoms with E-state index in [-0.39, 0.29) is 23.5 Å². The van der Waals surface area contributed by atoms with E-state index in [9.17, 15) is 14.7 Å². The number of aromatic nitrogens is 1. The maximum absolute atomic E-state index is 12.1. The van der Waals surface area contributed by atoms with Gasteiger partial charge in [-0.1, -0.05) is 17.7 Å². The number of hydrogen-bond acceptors (Lipinski definition) is 4. The number of rotatable bonds is 5. The third kappa shape index (κ3) is 4.28. The Kier molecular flexibility index (Phi) is 5.19. The van der Waals surface area contributed by atoms with E-state index in [2.05, 4.69) is 10.3 Å². The summed E-state index contributed by atoms with van der Waals surface area (Å²) >= 11 is 0. The van der Waals surface area contributed by atoms with Crippen LogP contribution in [0.3, 0.4) is 0 Å². The maximum Gasteiger partial charge on any atom is 0.252 e. The lowest BCUT2D eigenvalue weighted by atomic mass is 10.1. The van der Waals surface area contributed by atoms with Crippen LogP contribution in [0, 0.1) is 12.8 Å². The van der Waals surface area contributed by atoms with Crippen molar-refractivity contribution >= 4 is 5.91 Å². The molecule has 1 fully saturated rings. The van der Waals surface area contributed by atoms with Crippen LogP contribution in [0.2, 0.25) is 0 Å². The van der Waals surface area contributed by atoms with Gasteiger partial charge in [0.1, 0.15) is 11.9 Å². The lowest BCUT2D eigenvalue weighted by molar-refractivity contribution is 0.0348. The molecule has 2 aromatic rings. The Labute approximate surface area is 145 Å². The summed E-state index contributed by atoms with van der Waals surface area (Å²) < 4.78 is 5.87. The van der Waals surface area contributed by atoms with Gasteiger partial charge in [-0.2, -0.15) is 0 Å². The quantitative estimate of drug-likeness (QED) is 0.770. The molecule has 25 heavy (non-hydrogen) atoms. The van der Waals surface area contributed by atoms with Crippen LogP contribution in [0.1, 0.15) is 28.8 Å². The third-order valence-electron chi connectivity index (χ3n) is 4.57. The molecular formula is C19H22N2O4. The summed E-state index contributed by atoms with van der Waals surface area (Å²) in [7, 11) is 0. The molecule has 0 saturated heterocycles. The maximum atomic E-state index is 12.1. The van der Waals surface area contributed by atoms with Gasteiger partial charge in [-0.15, -0.1) is 0 Å². The Morgan fingerprint density at radius 2 is 2.00 bits per heavy atom. The molecule has 0 aliphatic heterocycles. The van der Waals surface area contributed by atoms with Gasteiger partial charge in [0.05, 0.1) is 11.7 Å². The van der Waals surface area contributed by atoms with Gasteiger partial charge in [-0.25, -0.2) is 0 Å². The number of carbonyl (C=O) groups excluding carboxylic acids is 1. The molecule has 0 bridgehead atoms. The van der Waals surface area contributed by atoms with Gasteiger partial charge >= 0.3 is 0 Å². The van der Waals surface area contributed by atoms with Crippen molar-refractivity contribution in [1.29, 1.82) is 0 Å². The van der Waals surface area contributed by atoms with E-state index < -0.39 is 6.10 Å². The van der Waals surface area contributed by atoms with E-state index >= 15 is 0 Å². The zero-order valence-electron chi connectivity index (χ0n) is 14.1. The summed E-state index contributed by atoms with van der Waals surface area (Å²) in [5.41, 5.74) is 1.29. The Morgan fingerprint density at radius 1 is 1.24 bits per heavy atom. The molecule has 3 rings (SSSR count). The normalized spacial score (nSPS) is 22.6. The molecule has 0 spiro atoms. The van der Waals surface area contributed by atoms with E-state index in [0.717, 1.165) is 24.2 Å². The van der Waals surface area contributed by atoms with E-state index in [1.165, 1.54) is 18.3 Å². The Balaban J connectivity index is 1.52. The van der Waals surface area contributed by atoms with Crippen LogP contribution >= 0.6 is 0 Å². The highest BCUT2D eigenvalue weighted by Gasteiger charge is 2.36. The highest BCUT2D eigenvalue weighted by atomic mass is 16.5. The smallest absolute Gasteiger partial charge is 0.252 e. The molecule has 1 aromatic heterocycles. The minimum absolute atomic E-state index is 0.0536. The van der Waals surface area contributed by atoms with E-state index in [1.54, 1.807) is 0 Å². The van der Waals surface area contributed by atoms with Gasteiger partial charge in [0.25, 0.3) is 5.91 Å². The van der Waals surface area contributed by atoms with E-state index in [4.69, 9.17) is 4.74 Å². The van der Waals surface area contributed by atoms with Crippen LogP contribution in [0.25, 0.3) is 0 Å². The Bertz CT molecular complexity index is 764. The van der Waals surface area contributed by atoms with Crippen molar-refractivity contribution in [3.05, 3.63) is 64.1 Å². The van der Waals surface area contributed by atoms with Gasteiger partial charge < -0.3 is 20.1 Å². The summed E-state index contributed by atoms with van der Waals surface area (Å²) in [5, 5.41) is 13.3. The fourth-order valence-corrected chi connectivity index (χ4v) is 3.04. The number of aliphatic hydroxyl groups excluding tert-OH is 1. The topological polar surface area (TPSA) is 91.4 Å². The summed E-state index contributed by atoms with van der Waals surface area (Å²) in [4.78, 5) is 25.6. The first kappa shape index (κ1) is 17.2. The minimum Gasteiger partial charge on any atom is -0.488 e. The van der Waals surface area contributed by atoms with Crippen molar-refractivity contribution in [3.63, 3.8) is 0 Å². The van der Waals surface area contributed by atoms with Gasteiger partial charge in [0.15, 0.2) is 0 Å². The second-order valence-electron chi connectivity index (χ2n) is 6.45. The number of ether oxygens (including phenoxy) is 1. The zero-order valence-corrected chi connectivity index (χ0v) is 14.1. The number of hydrogen-bond donors (Lipinski definition) is 3. The first-order valence-corrected chi connectivity index (χ1v) is 8.41. The molecule has 1 saturated carbocycles. The number of pyridine rings is 1. The monoisotopic (exact) mass is 342 g/mol. The van der Waals surface area contributed by atoms with Gasteiger partial charge in [0.2, 0.25) is 5.56 Å². The number of carbonyl (C=O) groups is 1. The molecule has 1 heterocycles. The van der Waals surface area contributed by atoms with E-state index in [1.807, 2.05) is 31.2 Å². The van der Waals surface area contributed by atoms with Crippen LogP contribution in [0.5, 0.6) is 5.75 Å². The average Bonchev–Trinajstić information content (AvgIpc) is 2.95. The number of H-pyrrole nitrogens is 1. The van der Waals surface area contributed by atoms with Crippen LogP contribution in [0.4, 0.5) is 0 Å². The summed E-state index contributed by atoms with van der Waals surface area (Å²) in [6.45, 7) is 2.38. The standard InChI is InChI=1S/C19H22N2O4/c1-12-2-6-15(7-3-12)25-16-8-4-13(18(16)23)10-21-19(24)14-5-9-17(22)20-11-14/h2-3,5-7,9,11,13,16,18,23H,4,8,10H2,1H3,(H,20,22)(H,21,24)/t13-,16-,18-/m1/s1. The van der Waals surface area contributed by atoms with Crippen molar-refractivity contribution in [1.82, 2.24) is 10.3 Å². The Morgan fingerprint density at radius 3 is 2.68 bits per heavy atom. The summed E-state index contributed by atoms with van der Waals surface area (Å²) in [6.07, 6.45) is 2.01. The largest absolute Gasteiger partial charge is 0.488 e. The van der Waals surface area contributed by atoms with Gasteiger partial charge in [-0.05, 0) is 38.0 Å². The van der Waals surface area contributed by atoms with Crippen molar-refractivity contribution in [2.75, 3.05) is 6.54 Å². The zero-order chi connectivity index (χ0) is 17.8. The van der Waals surface area contributed by atoms with Crippen LogP contribution in [0.15, 0.2) is 47.4 Å². The number of aliphatic hydroxyl groups is 1. The molecule has 1 aromatic carbocycles. The molecule has 1 aliphatic carbocycles. The van der Waals surface area contributed by atoms with Crippen molar-refractivity contribution in [2.24, 2.45) is 5.92 Å². The highest BCUT2D eigenvalue weighted by molar-refractivity contribution is 5.93. The summed E-state index contributed by atoms with van der Waals surface area (Å²) in [5.74, 6) is 0.418. The van der Waals surface area contributed by atoms with Crippen molar-refractivity contribution in [2.45, 2.75) is 32.0 Å². The van der Waals surface area contributed by atoms with Crippen LogP contribution in [-0.2, 0) is 0 Å². The number of aryl methyl sites for hydroxylation is 1. The molecular weight excluding hydrogens is 320 g/mol. The number of nitrogens with one attached hydrogen (secondary N) is 2. The van der Waals surface area contributed by atoms with Crippen LogP contribution < -0.4 is 15.6 Å². The molecule has 3 N–H and O–H groups in total. The fraction of sp³-hybridized carbons (Fsp3) is 0.368. The van der Waals surface area contributed by atoms with E-state index in [0.29, 0.717) is 12.1 Å². The van der Waals surface area contributed by atoms with Gasteiger partial charge in [-0.3, -0.25) is 9.59 Å². The molecule has 6 nitrogen and oxygen atoms in total. The molecule has 1 amide bonds. The fourth-order valence-electron chi connectivity index (χ4n) is 3.04. The minimum atomic E-state index is -0.628. The lowest BCUT2D eigenvalue weighted by Gasteiger charge is -2.21. The molecule has 132 valence electrons. The number of amides is 1. The molecule has 6 heteroatoms. The molecule has 3 atom stereocenters. The molecule has 1 aliphatic rings. The first-order chi connectivity index (χ1) is 12.0. The van der Waals surface area contributed by atoms with Crippen LogP contribution in [-0.4, -0.2) is 34.8 Å². The van der Waals surface area contributed by atoms with Crippen molar-refractivity contribution in [3.8, 4) is 5.75 Å². The SMILES string of the molecule is Cc1ccc(O[C@@H]2CC[C@H](CNC(=O)c3ccc(=O)[nH]c3)[C@H]2O)cc1. The first-order valence-electron chi connectivity index (χ1n) is 8.41. The average molecular weight is 342 g/mol. The second kappa shape index (κ2) is 7.53. The summed E-state index contributed by atoms with van der Waals surface area (Å²) in [6, 6.07) is 10.5. The molecule has 0 radical (unpaired) electrons. The predicted molar refractivity (Wildman–Crippen MR) is 93.7 cm³/mol. The number of benzene rings is 1. The third-order valence-corrected chi connectivity index (χ3v) is 4.57. The Hall–Kier alpha value is -2.60. The highest BCUT2D eigenvalue weighted by Crippen LogP contribution is 2.29. The van der Waals surface area contributed by atoms with Gasteiger partial charge in [0, 0.05) is 24.7 Å².